The Morgan fingerprint density at radius 1 is 1.22 bits per heavy atom. The minimum Gasteiger partial charge on any atom is -0.492 e. The van der Waals surface area contributed by atoms with Gasteiger partial charge in [0.15, 0.2) is 0 Å². The molecule has 120 valence electrons. The maximum Gasteiger partial charge on any atom is 0.147 e. The summed E-state index contributed by atoms with van der Waals surface area (Å²) in [5.41, 5.74) is 1.10. The van der Waals surface area contributed by atoms with E-state index in [1.807, 2.05) is 42.6 Å². The Bertz CT molecular complexity index is 741. The summed E-state index contributed by atoms with van der Waals surface area (Å²) >= 11 is 5.15. The molecular formula is C17H18BrN3OS. The number of hydrogen-bond acceptors (Lipinski definition) is 4. The highest BCUT2D eigenvalue weighted by atomic mass is 79.9. The fourth-order valence-electron chi connectivity index (χ4n) is 2.21. The van der Waals surface area contributed by atoms with E-state index in [0.29, 0.717) is 6.61 Å². The summed E-state index contributed by atoms with van der Waals surface area (Å²) in [7, 11) is 2.08. The van der Waals surface area contributed by atoms with Gasteiger partial charge in [0.2, 0.25) is 0 Å². The van der Waals surface area contributed by atoms with E-state index in [4.69, 9.17) is 4.74 Å². The van der Waals surface area contributed by atoms with E-state index in [-0.39, 0.29) is 0 Å². The van der Waals surface area contributed by atoms with E-state index in [1.165, 1.54) is 0 Å². The van der Waals surface area contributed by atoms with Gasteiger partial charge in [-0.15, -0.1) is 11.3 Å². The number of thiophene rings is 1. The molecule has 1 aromatic carbocycles. The topological polar surface area (TPSA) is 41.1 Å². The summed E-state index contributed by atoms with van der Waals surface area (Å²) in [6.45, 7) is 2.34. The first-order valence-corrected chi connectivity index (χ1v) is 8.97. The molecule has 0 fully saturated rings. The van der Waals surface area contributed by atoms with Crippen LogP contribution >= 0.6 is 27.3 Å². The summed E-state index contributed by atoms with van der Waals surface area (Å²) < 4.78 is 6.83. The molecule has 0 amide bonds. The van der Waals surface area contributed by atoms with Gasteiger partial charge in [0.25, 0.3) is 0 Å². The van der Waals surface area contributed by atoms with Crippen LogP contribution in [0.4, 0.5) is 0 Å². The molecule has 0 spiro atoms. The fraction of sp³-hybridized carbons (Fsp3) is 0.235. The summed E-state index contributed by atoms with van der Waals surface area (Å²) in [5.74, 6) is 1.83. The molecule has 0 aliphatic carbocycles. The van der Waals surface area contributed by atoms with Crippen LogP contribution in [0.3, 0.4) is 0 Å². The number of nitrogens with zero attached hydrogens (tertiary/aromatic N) is 2. The number of aromatic amines is 1. The van der Waals surface area contributed by atoms with E-state index < -0.39 is 0 Å². The van der Waals surface area contributed by atoms with Crippen LogP contribution < -0.4 is 4.74 Å². The summed E-state index contributed by atoms with van der Waals surface area (Å²) in [4.78, 5) is 11.2. The molecule has 6 heteroatoms. The Morgan fingerprint density at radius 3 is 2.78 bits per heavy atom. The molecular weight excluding hydrogens is 374 g/mol. The average molecular weight is 392 g/mol. The molecule has 1 N–H and O–H groups in total. The van der Waals surface area contributed by atoms with Crippen molar-refractivity contribution in [3.05, 3.63) is 58.1 Å². The van der Waals surface area contributed by atoms with Gasteiger partial charge < -0.3 is 9.72 Å². The van der Waals surface area contributed by atoms with Crippen molar-refractivity contribution < 1.29 is 4.74 Å². The van der Waals surface area contributed by atoms with Crippen molar-refractivity contribution in [2.24, 2.45) is 0 Å². The molecule has 3 rings (SSSR count). The van der Waals surface area contributed by atoms with E-state index in [9.17, 15) is 0 Å². The maximum absolute atomic E-state index is 5.72. The van der Waals surface area contributed by atoms with Crippen LogP contribution in [0.1, 0.15) is 5.69 Å². The molecule has 0 saturated carbocycles. The third kappa shape index (κ3) is 4.67. The van der Waals surface area contributed by atoms with Crippen LogP contribution in [0.5, 0.6) is 5.75 Å². The van der Waals surface area contributed by atoms with E-state index in [0.717, 1.165) is 39.0 Å². The second kappa shape index (κ2) is 7.77. The number of ether oxygens (including phenoxy) is 1. The molecule has 0 atom stereocenters. The average Bonchev–Trinajstić information content (AvgIpc) is 3.17. The monoisotopic (exact) mass is 391 g/mol. The van der Waals surface area contributed by atoms with Crippen molar-refractivity contribution in [3.8, 4) is 16.5 Å². The Balaban J connectivity index is 1.48. The number of hydrogen-bond donors (Lipinski definition) is 1. The first-order valence-electron chi connectivity index (χ1n) is 7.37. The van der Waals surface area contributed by atoms with Gasteiger partial charge >= 0.3 is 0 Å². The number of para-hydroxylation sites is 1. The zero-order chi connectivity index (χ0) is 16.1. The predicted octanol–water partition coefficient (Wildman–Crippen LogP) is 4.41. The Hall–Kier alpha value is -1.63. The van der Waals surface area contributed by atoms with Crippen molar-refractivity contribution in [2.45, 2.75) is 6.54 Å². The van der Waals surface area contributed by atoms with Crippen LogP contribution in [0, 0.1) is 0 Å². The molecule has 0 aliphatic heterocycles. The first-order chi connectivity index (χ1) is 11.2. The minimum atomic E-state index is 0.666. The lowest BCUT2D eigenvalue weighted by Gasteiger charge is -2.15. The largest absolute Gasteiger partial charge is 0.492 e. The summed E-state index contributed by atoms with van der Waals surface area (Å²) in [5, 5.41) is 0. The first kappa shape index (κ1) is 16.2. The maximum atomic E-state index is 5.72. The van der Waals surface area contributed by atoms with Gasteiger partial charge in [-0.05, 0) is 47.2 Å². The van der Waals surface area contributed by atoms with Crippen molar-refractivity contribution in [1.82, 2.24) is 14.9 Å². The van der Waals surface area contributed by atoms with Crippen LogP contribution in [-0.2, 0) is 6.54 Å². The van der Waals surface area contributed by atoms with Gasteiger partial charge in [0.05, 0.1) is 8.66 Å². The highest BCUT2D eigenvalue weighted by Gasteiger charge is 2.08. The zero-order valence-electron chi connectivity index (χ0n) is 12.8. The summed E-state index contributed by atoms with van der Waals surface area (Å²) in [6, 6.07) is 14.0. The Morgan fingerprint density at radius 2 is 2.04 bits per heavy atom. The van der Waals surface area contributed by atoms with Crippen molar-refractivity contribution in [1.29, 1.82) is 0 Å². The van der Waals surface area contributed by atoms with Crippen LogP contribution in [0.2, 0.25) is 0 Å². The predicted molar refractivity (Wildman–Crippen MR) is 97.9 cm³/mol. The highest BCUT2D eigenvalue weighted by molar-refractivity contribution is 9.11. The van der Waals surface area contributed by atoms with E-state index in [1.54, 1.807) is 11.3 Å². The summed E-state index contributed by atoms with van der Waals surface area (Å²) in [6.07, 6.45) is 1.90. The third-order valence-corrected chi connectivity index (χ3v) is 4.99. The standard InChI is InChI=1S/C17H18BrN3OS/c1-21(9-10-22-14-5-3-2-4-6-14)12-13-11-19-17(20-13)15-7-8-16(18)23-15/h2-8,11H,9-10,12H2,1H3,(H,19,20). The SMILES string of the molecule is CN(CCOc1ccccc1)Cc1cnc(-c2ccc(Br)s2)[nH]1. The number of halogens is 1. The number of H-pyrrole nitrogens is 1. The Kier molecular flexibility index (Phi) is 5.48. The van der Waals surface area contributed by atoms with Gasteiger partial charge in [0, 0.05) is 25.0 Å². The van der Waals surface area contributed by atoms with E-state index in [2.05, 4.69) is 43.9 Å². The molecule has 0 aliphatic rings. The van der Waals surface area contributed by atoms with Crippen LogP contribution in [0.15, 0.2) is 52.4 Å². The number of benzene rings is 1. The van der Waals surface area contributed by atoms with Crippen molar-refractivity contribution >= 4 is 27.3 Å². The molecule has 23 heavy (non-hydrogen) atoms. The van der Waals surface area contributed by atoms with Gasteiger partial charge in [0.1, 0.15) is 18.2 Å². The zero-order valence-corrected chi connectivity index (χ0v) is 15.2. The molecule has 2 heterocycles. The van der Waals surface area contributed by atoms with Gasteiger partial charge in [-0.25, -0.2) is 4.98 Å². The molecule has 2 aromatic heterocycles. The molecule has 0 bridgehead atoms. The molecule has 4 nitrogen and oxygen atoms in total. The fourth-order valence-corrected chi connectivity index (χ4v) is 3.55. The lowest BCUT2D eigenvalue weighted by Crippen LogP contribution is -2.24. The molecule has 0 unspecified atom stereocenters. The van der Waals surface area contributed by atoms with E-state index >= 15 is 0 Å². The second-order valence-corrected chi connectivity index (χ2v) is 7.72. The molecule has 0 saturated heterocycles. The van der Waals surface area contributed by atoms with Crippen LogP contribution in [0.25, 0.3) is 10.7 Å². The van der Waals surface area contributed by atoms with Crippen LogP contribution in [-0.4, -0.2) is 35.1 Å². The Labute approximate surface area is 148 Å². The highest BCUT2D eigenvalue weighted by Crippen LogP contribution is 2.29. The van der Waals surface area contributed by atoms with Crippen molar-refractivity contribution in [2.75, 3.05) is 20.2 Å². The van der Waals surface area contributed by atoms with Gasteiger partial charge in [-0.2, -0.15) is 0 Å². The lowest BCUT2D eigenvalue weighted by molar-refractivity contribution is 0.231. The number of rotatable bonds is 7. The number of aromatic nitrogens is 2. The van der Waals surface area contributed by atoms with Gasteiger partial charge in [-0.3, -0.25) is 4.90 Å². The number of likely N-dealkylation sites (N-methyl/N-ethyl adjacent to an activating group) is 1. The normalized spacial score (nSPS) is 11.1. The van der Waals surface area contributed by atoms with Crippen molar-refractivity contribution in [3.63, 3.8) is 0 Å². The molecule has 0 radical (unpaired) electrons. The van der Waals surface area contributed by atoms with Gasteiger partial charge in [-0.1, -0.05) is 18.2 Å². The third-order valence-electron chi connectivity index (χ3n) is 3.36. The second-order valence-electron chi connectivity index (χ2n) is 5.26. The lowest BCUT2D eigenvalue weighted by atomic mass is 10.3. The number of imidazole rings is 1. The smallest absolute Gasteiger partial charge is 0.147 e. The quantitative estimate of drug-likeness (QED) is 0.648. The minimum absolute atomic E-state index is 0.666. The number of nitrogens with one attached hydrogen (secondary N) is 1. The molecule has 3 aromatic rings.